The maximum absolute atomic E-state index is 9.35. The molecule has 1 aliphatic carbocycles. The van der Waals surface area contributed by atoms with Gasteiger partial charge in [0.15, 0.2) is 0 Å². The van der Waals surface area contributed by atoms with E-state index in [1.165, 1.54) is 6.42 Å². The summed E-state index contributed by atoms with van der Waals surface area (Å²) >= 11 is 0. The summed E-state index contributed by atoms with van der Waals surface area (Å²) in [7, 11) is 0. The normalized spacial score (nSPS) is 31.1. The molecule has 80 valence electrons. The van der Waals surface area contributed by atoms with E-state index in [0.29, 0.717) is 0 Å². The zero-order valence-corrected chi connectivity index (χ0v) is 9.06. The maximum atomic E-state index is 9.35. The van der Waals surface area contributed by atoms with Gasteiger partial charge >= 0.3 is 0 Å². The summed E-state index contributed by atoms with van der Waals surface area (Å²) in [5, 5.41) is 16.9. The van der Waals surface area contributed by atoms with Gasteiger partial charge in [0.25, 0.3) is 0 Å². The first kappa shape index (κ1) is 10.2. The Morgan fingerprint density at radius 2 is 2.00 bits per heavy atom. The van der Waals surface area contributed by atoms with Crippen molar-refractivity contribution >= 4 is 0 Å². The summed E-state index contributed by atoms with van der Waals surface area (Å²) in [6.07, 6.45) is 8.69. The Hall–Kier alpha value is -1.37. The van der Waals surface area contributed by atoms with Crippen molar-refractivity contribution in [2.45, 2.75) is 44.6 Å². The van der Waals surface area contributed by atoms with E-state index in [4.69, 9.17) is 0 Å². The molecule has 0 aliphatic heterocycles. The highest BCUT2D eigenvalue weighted by molar-refractivity contribution is 5.07. The molecule has 2 rings (SSSR count). The zero-order valence-electron chi connectivity index (χ0n) is 9.06. The molecule has 15 heavy (non-hydrogen) atoms. The third kappa shape index (κ3) is 1.74. The molecule has 1 aromatic heterocycles. The standard InChI is InChI=1S/C11H16N4/c1-2-10-3-5-11(7-12,6-4-10)15-8-13-14-9-15/h8-10H,2-6H2,1H3. The highest BCUT2D eigenvalue weighted by Crippen LogP contribution is 2.38. The Kier molecular flexibility index (Phi) is 2.72. The van der Waals surface area contributed by atoms with Gasteiger partial charge in [-0.05, 0) is 31.6 Å². The zero-order chi connectivity index (χ0) is 10.7. The Morgan fingerprint density at radius 3 is 2.47 bits per heavy atom. The van der Waals surface area contributed by atoms with Gasteiger partial charge in [0.05, 0.1) is 6.07 Å². The molecular formula is C11H16N4. The second-order valence-corrected chi connectivity index (χ2v) is 4.36. The van der Waals surface area contributed by atoms with Crippen LogP contribution in [0.4, 0.5) is 0 Å². The summed E-state index contributed by atoms with van der Waals surface area (Å²) in [6.45, 7) is 2.23. The molecule has 1 aromatic rings. The van der Waals surface area contributed by atoms with Crippen molar-refractivity contribution in [2.75, 3.05) is 0 Å². The average molecular weight is 204 g/mol. The van der Waals surface area contributed by atoms with E-state index in [-0.39, 0.29) is 5.54 Å². The largest absolute Gasteiger partial charge is 0.301 e. The van der Waals surface area contributed by atoms with Crippen molar-refractivity contribution in [3.05, 3.63) is 12.7 Å². The molecule has 1 heterocycles. The number of nitrogens with zero attached hydrogens (tertiary/aromatic N) is 4. The number of rotatable bonds is 2. The Balaban J connectivity index is 2.16. The van der Waals surface area contributed by atoms with Crippen molar-refractivity contribution in [3.8, 4) is 6.07 Å². The number of hydrogen-bond acceptors (Lipinski definition) is 3. The van der Waals surface area contributed by atoms with Gasteiger partial charge in [-0.15, -0.1) is 10.2 Å². The van der Waals surface area contributed by atoms with Crippen molar-refractivity contribution in [1.82, 2.24) is 14.8 Å². The van der Waals surface area contributed by atoms with Crippen LogP contribution in [0, 0.1) is 17.2 Å². The van der Waals surface area contributed by atoms with Crippen molar-refractivity contribution in [1.29, 1.82) is 5.26 Å². The molecule has 4 nitrogen and oxygen atoms in total. The number of aromatic nitrogens is 3. The van der Waals surface area contributed by atoms with E-state index in [9.17, 15) is 5.26 Å². The first-order valence-corrected chi connectivity index (χ1v) is 5.57. The van der Waals surface area contributed by atoms with Crippen LogP contribution in [0.5, 0.6) is 0 Å². The molecule has 0 N–H and O–H groups in total. The van der Waals surface area contributed by atoms with Gasteiger partial charge in [-0.2, -0.15) is 5.26 Å². The average Bonchev–Trinajstić information content (AvgIpc) is 2.83. The summed E-state index contributed by atoms with van der Waals surface area (Å²) in [6, 6.07) is 2.45. The molecule has 1 aliphatic rings. The fourth-order valence-electron chi connectivity index (χ4n) is 2.41. The summed E-state index contributed by atoms with van der Waals surface area (Å²) in [4.78, 5) is 0. The van der Waals surface area contributed by atoms with Crippen molar-refractivity contribution < 1.29 is 0 Å². The number of hydrogen-bond donors (Lipinski definition) is 0. The lowest BCUT2D eigenvalue weighted by atomic mass is 9.76. The van der Waals surface area contributed by atoms with Crippen molar-refractivity contribution in [2.24, 2.45) is 5.92 Å². The molecule has 0 aromatic carbocycles. The van der Waals surface area contributed by atoms with Crippen LogP contribution in [0.2, 0.25) is 0 Å². The third-order valence-electron chi connectivity index (χ3n) is 3.63. The van der Waals surface area contributed by atoms with E-state index < -0.39 is 0 Å². The third-order valence-corrected chi connectivity index (χ3v) is 3.63. The minimum Gasteiger partial charge on any atom is -0.301 e. The highest BCUT2D eigenvalue weighted by Gasteiger charge is 2.36. The van der Waals surface area contributed by atoms with Crippen LogP contribution in [0.1, 0.15) is 39.0 Å². The summed E-state index contributed by atoms with van der Waals surface area (Å²) in [5.41, 5.74) is -0.380. The predicted molar refractivity (Wildman–Crippen MR) is 55.9 cm³/mol. The smallest absolute Gasteiger partial charge is 0.134 e. The molecular weight excluding hydrogens is 188 g/mol. The van der Waals surface area contributed by atoms with Crippen LogP contribution in [0.15, 0.2) is 12.7 Å². The maximum Gasteiger partial charge on any atom is 0.134 e. The predicted octanol–water partition coefficient (Wildman–Crippen LogP) is 2.10. The van der Waals surface area contributed by atoms with Crippen molar-refractivity contribution in [3.63, 3.8) is 0 Å². The molecule has 1 saturated carbocycles. The molecule has 0 radical (unpaired) electrons. The summed E-state index contributed by atoms with van der Waals surface area (Å²) < 4.78 is 1.87. The molecule has 0 saturated heterocycles. The van der Waals surface area contributed by atoms with Gasteiger partial charge in [-0.25, -0.2) is 0 Å². The van der Waals surface area contributed by atoms with Gasteiger partial charge in [-0.3, -0.25) is 0 Å². The van der Waals surface area contributed by atoms with Crippen LogP contribution < -0.4 is 0 Å². The van der Waals surface area contributed by atoms with Crippen LogP contribution in [0.25, 0.3) is 0 Å². The van der Waals surface area contributed by atoms with Gasteiger partial charge < -0.3 is 4.57 Å². The minimum absolute atomic E-state index is 0.380. The van der Waals surface area contributed by atoms with E-state index in [0.717, 1.165) is 31.6 Å². The molecule has 4 heteroatoms. The van der Waals surface area contributed by atoms with Crippen LogP contribution in [-0.2, 0) is 5.54 Å². The molecule has 0 unspecified atom stereocenters. The quantitative estimate of drug-likeness (QED) is 0.741. The van der Waals surface area contributed by atoms with Gasteiger partial charge in [0, 0.05) is 0 Å². The minimum atomic E-state index is -0.380. The molecule has 0 amide bonds. The molecule has 1 fully saturated rings. The topological polar surface area (TPSA) is 54.5 Å². The van der Waals surface area contributed by atoms with E-state index in [1.807, 2.05) is 4.57 Å². The Bertz CT molecular complexity index is 341. The van der Waals surface area contributed by atoms with E-state index in [1.54, 1.807) is 12.7 Å². The van der Waals surface area contributed by atoms with Crippen LogP contribution >= 0.6 is 0 Å². The van der Waals surface area contributed by atoms with Gasteiger partial charge in [0.1, 0.15) is 18.2 Å². The fraction of sp³-hybridized carbons (Fsp3) is 0.727. The lowest BCUT2D eigenvalue weighted by molar-refractivity contribution is 0.208. The second kappa shape index (κ2) is 4.01. The first-order valence-electron chi connectivity index (χ1n) is 5.57. The Morgan fingerprint density at radius 1 is 1.40 bits per heavy atom. The fourth-order valence-corrected chi connectivity index (χ4v) is 2.41. The van der Waals surface area contributed by atoms with Crippen LogP contribution in [0.3, 0.4) is 0 Å². The van der Waals surface area contributed by atoms with Gasteiger partial charge in [-0.1, -0.05) is 13.3 Å². The van der Waals surface area contributed by atoms with E-state index in [2.05, 4.69) is 23.2 Å². The molecule has 0 spiro atoms. The lowest BCUT2D eigenvalue weighted by Gasteiger charge is -2.35. The second-order valence-electron chi connectivity index (χ2n) is 4.36. The molecule has 0 bridgehead atoms. The Labute approximate surface area is 89.9 Å². The SMILES string of the molecule is CCC1CCC(C#N)(n2cnnc2)CC1. The van der Waals surface area contributed by atoms with Crippen LogP contribution in [-0.4, -0.2) is 14.8 Å². The number of nitriles is 1. The first-order chi connectivity index (χ1) is 7.30. The van der Waals surface area contributed by atoms with Gasteiger partial charge in [0.2, 0.25) is 0 Å². The summed E-state index contributed by atoms with van der Waals surface area (Å²) in [5.74, 6) is 0.794. The highest BCUT2D eigenvalue weighted by atomic mass is 15.3. The lowest BCUT2D eigenvalue weighted by Crippen LogP contribution is -2.35. The monoisotopic (exact) mass is 204 g/mol. The van der Waals surface area contributed by atoms with E-state index >= 15 is 0 Å². The molecule has 0 atom stereocenters.